The fraction of sp³-hybridized carbons (Fsp3) is 0.513. The molecule has 3 heterocycles. The number of carbonyl (C=O) groups is 2. The number of aliphatic hydroxyl groups excluding tert-OH is 2. The summed E-state index contributed by atoms with van der Waals surface area (Å²) in [6.07, 6.45) is 3.80. The summed E-state index contributed by atoms with van der Waals surface area (Å²) < 4.78 is 24.6. The number of carbonyl (C=O) groups excluding carboxylic acids is 2. The highest BCUT2D eigenvalue weighted by atomic mass is 16.6. The van der Waals surface area contributed by atoms with E-state index in [0.717, 1.165) is 12.8 Å². The Morgan fingerprint density at radius 3 is 2.56 bits per heavy atom. The van der Waals surface area contributed by atoms with Crippen molar-refractivity contribution < 1.29 is 38.4 Å². The van der Waals surface area contributed by atoms with Crippen LogP contribution in [-0.2, 0) is 14.3 Å². The van der Waals surface area contributed by atoms with Crippen molar-refractivity contribution in [3.63, 3.8) is 0 Å². The first-order valence-corrected chi connectivity index (χ1v) is 17.4. The van der Waals surface area contributed by atoms with E-state index in [1.165, 1.54) is 24.3 Å². The Balaban J connectivity index is 1.43. The second-order valence-electron chi connectivity index (χ2n) is 14.7. The molecule has 0 bridgehead atoms. The minimum atomic E-state index is -1.39. The van der Waals surface area contributed by atoms with Crippen LogP contribution in [0.1, 0.15) is 100 Å². The molecule has 11 nitrogen and oxygen atoms in total. The third-order valence-corrected chi connectivity index (χ3v) is 11.6. The van der Waals surface area contributed by atoms with Crippen molar-refractivity contribution in [2.75, 3.05) is 6.61 Å². The smallest absolute Gasteiger partial charge is 0.345 e. The summed E-state index contributed by atoms with van der Waals surface area (Å²) in [4.78, 5) is 44.3. The lowest BCUT2D eigenvalue weighted by molar-refractivity contribution is -0.264. The van der Waals surface area contributed by atoms with Crippen molar-refractivity contribution in [3.05, 3.63) is 82.0 Å². The number of pyridine rings is 1. The van der Waals surface area contributed by atoms with Gasteiger partial charge in [-0.15, -0.1) is 0 Å². The molecule has 2 aromatic heterocycles. The Morgan fingerprint density at radius 2 is 1.88 bits per heavy atom. The lowest BCUT2D eigenvalue weighted by Gasteiger charge is -2.66. The standard InChI is InChI=1S/C39H44N2O9/c1-5-6-7-10-31(43)47-22-38(3)28-19-30(49-35(45)24-13-11-23(20-40)12-14-24)39(4)34(37(28,2)16-15-29(38)42)33(44)32-27(50-39)18-26(48-36(32)46)25-9-8-17-41-21-25/h8-9,11-14,17-18,21,28-30,33-34,42,44H,5-7,10,15-16,19,22H2,1-4H3/t28?,29-,30-,33-,34?,37-,38-,39+/m0/s1. The summed E-state index contributed by atoms with van der Waals surface area (Å²) in [5.41, 5.74) is -2.75. The van der Waals surface area contributed by atoms with Gasteiger partial charge in [-0.1, -0.05) is 33.6 Å². The molecule has 11 heteroatoms. The van der Waals surface area contributed by atoms with E-state index in [2.05, 4.69) is 11.9 Å². The fourth-order valence-corrected chi connectivity index (χ4v) is 8.91. The van der Waals surface area contributed by atoms with Crippen molar-refractivity contribution in [1.82, 2.24) is 4.98 Å². The van der Waals surface area contributed by atoms with Crippen molar-refractivity contribution in [2.24, 2.45) is 22.7 Å². The summed E-state index contributed by atoms with van der Waals surface area (Å²) in [5.74, 6) is -1.93. The first-order valence-electron chi connectivity index (χ1n) is 17.4. The number of nitriles is 1. The Morgan fingerprint density at radius 1 is 1.12 bits per heavy atom. The van der Waals surface area contributed by atoms with E-state index in [1.54, 1.807) is 37.5 Å². The average molecular weight is 685 g/mol. The first kappa shape index (κ1) is 35.3. The lowest BCUT2D eigenvalue weighted by atomic mass is 9.42. The normalized spacial score (nSPS) is 31.2. The van der Waals surface area contributed by atoms with Crippen molar-refractivity contribution in [2.45, 2.75) is 96.6 Å². The van der Waals surface area contributed by atoms with Gasteiger partial charge < -0.3 is 28.8 Å². The van der Waals surface area contributed by atoms with Gasteiger partial charge in [-0.3, -0.25) is 9.78 Å². The molecule has 0 spiro atoms. The number of aliphatic hydroxyl groups is 2. The number of hydrogen-bond acceptors (Lipinski definition) is 11. The number of fused-ring (bicyclic) bond motifs is 4. The number of esters is 2. The van der Waals surface area contributed by atoms with E-state index >= 15 is 0 Å². The number of aromatic nitrogens is 1. The zero-order valence-electron chi connectivity index (χ0n) is 28.9. The molecular weight excluding hydrogens is 640 g/mol. The molecule has 2 aliphatic carbocycles. The molecule has 3 aliphatic rings. The second kappa shape index (κ2) is 13.6. The molecule has 8 atom stereocenters. The highest BCUT2D eigenvalue weighted by Crippen LogP contribution is 2.67. The van der Waals surface area contributed by atoms with Gasteiger partial charge in [-0.25, -0.2) is 9.59 Å². The summed E-state index contributed by atoms with van der Waals surface area (Å²) in [6, 6.07) is 13.1. The first-order chi connectivity index (χ1) is 23.9. The Bertz CT molecular complexity index is 1840. The van der Waals surface area contributed by atoms with Gasteiger partial charge in [0.1, 0.15) is 28.8 Å². The molecule has 50 heavy (non-hydrogen) atoms. The molecule has 2 N–H and O–H groups in total. The van der Waals surface area contributed by atoms with Crippen LogP contribution >= 0.6 is 0 Å². The maximum Gasteiger partial charge on any atom is 0.345 e. The van der Waals surface area contributed by atoms with Crippen molar-refractivity contribution in [3.8, 4) is 23.1 Å². The topological polar surface area (TPSA) is 169 Å². The van der Waals surface area contributed by atoms with E-state index in [9.17, 15) is 29.9 Å². The largest absolute Gasteiger partial charge is 0.482 e. The van der Waals surface area contributed by atoms with Crippen LogP contribution in [0.25, 0.3) is 11.3 Å². The van der Waals surface area contributed by atoms with E-state index < -0.39 is 58.2 Å². The number of ether oxygens (including phenoxy) is 3. The molecule has 1 aromatic carbocycles. The molecule has 2 unspecified atom stereocenters. The Labute approximate surface area is 291 Å². The third-order valence-electron chi connectivity index (χ3n) is 11.6. The van der Waals surface area contributed by atoms with Crippen molar-refractivity contribution in [1.29, 1.82) is 5.26 Å². The summed E-state index contributed by atoms with van der Waals surface area (Å²) in [5, 5.41) is 33.1. The van der Waals surface area contributed by atoms with Gasteiger partial charge in [0.15, 0.2) is 0 Å². The van der Waals surface area contributed by atoms with E-state index in [4.69, 9.17) is 18.6 Å². The molecule has 6 rings (SSSR count). The molecule has 2 fully saturated rings. The molecule has 0 saturated heterocycles. The number of rotatable bonds is 9. The van der Waals surface area contributed by atoms with Crippen LogP contribution < -0.4 is 10.4 Å². The summed E-state index contributed by atoms with van der Waals surface area (Å²) in [6.45, 7) is 7.66. The monoisotopic (exact) mass is 684 g/mol. The maximum atomic E-state index is 13.7. The molecule has 3 aromatic rings. The third kappa shape index (κ3) is 6.09. The van der Waals surface area contributed by atoms with Gasteiger partial charge in [-0.05, 0) is 80.3 Å². The van der Waals surface area contributed by atoms with Crippen LogP contribution in [0.3, 0.4) is 0 Å². The van der Waals surface area contributed by atoms with Crippen LogP contribution in [0, 0.1) is 34.0 Å². The van der Waals surface area contributed by atoms with Gasteiger partial charge >= 0.3 is 17.6 Å². The Hall–Kier alpha value is -4.53. The van der Waals surface area contributed by atoms with Gasteiger partial charge in [0, 0.05) is 41.8 Å². The molecule has 1 aliphatic heterocycles. The highest BCUT2D eigenvalue weighted by molar-refractivity contribution is 5.89. The van der Waals surface area contributed by atoms with Crippen molar-refractivity contribution >= 4 is 11.9 Å². The SMILES string of the molecule is CCCCCC(=O)OC[C@@]1(C)C2C[C@H](OC(=O)c3ccc(C#N)cc3)[C@@]3(C)Oc4cc(-c5cccnc5)oc(=O)c4[C@H](O)C3[C@@]2(C)CC[C@@H]1O. The predicted molar refractivity (Wildman–Crippen MR) is 181 cm³/mol. The van der Waals surface area contributed by atoms with Crippen LogP contribution in [0.2, 0.25) is 0 Å². The summed E-state index contributed by atoms with van der Waals surface area (Å²) >= 11 is 0. The van der Waals surface area contributed by atoms with Crippen LogP contribution in [-0.4, -0.2) is 51.6 Å². The predicted octanol–water partition coefficient (Wildman–Crippen LogP) is 5.91. The van der Waals surface area contributed by atoms with Crippen LogP contribution in [0.5, 0.6) is 5.75 Å². The van der Waals surface area contributed by atoms with Crippen LogP contribution in [0.15, 0.2) is 64.1 Å². The molecule has 264 valence electrons. The van der Waals surface area contributed by atoms with Gasteiger partial charge in [0.2, 0.25) is 0 Å². The summed E-state index contributed by atoms with van der Waals surface area (Å²) in [7, 11) is 0. The molecular formula is C39H44N2O9. The Kier molecular flexibility index (Phi) is 9.64. The average Bonchev–Trinajstić information content (AvgIpc) is 3.10. The number of nitrogens with zero attached hydrogens (tertiary/aromatic N) is 2. The fourth-order valence-electron chi connectivity index (χ4n) is 8.91. The number of hydrogen-bond donors (Lipinski definition) is 2. The minimum Gasteiger partial charge on any atom is -0.482 e. The number of benzene rings is 1. The number of unbranched alkanes of at least 4 members (excludes halogenated alkanes) is 2. The van der Waals surface area contributed by atoms with Gasteiger partial charge in [0.25, 0.3) is 0 Å². The molecule has 2 saturated carbocycles. The lowest BCUT2D eigenvalue weighted by Crippen LogP contribution is -2.71. The zero-order chi connectivity index (χ0) is 35.8. The zero-order valence-corrected chi connectivity index (χ0v) is 28.9. The van der Waals surface area contributed by atoms with Crippen LogP contribution in [0.4, 0.5) is 0 Å². The molecule has 0 radical (unpaired) electrons. The second-order valence-corrected chi connectivity index (χ2v) is 14.7. The highest BCUT2D eigenvalue weighted by Gasteiger charge is 2.70. The van der Waals surface area contributed by atoms with Gasteiger partial charge in [-0.2, -0.15) is 5.26 Å². The maximum absolute atomic E-state index is 13.7. The molecule has 0 amide bonds. The minimum absolute atomic E-state index is 0.0330. The van der Waals surface area contributed by atoms with E-state index in [1.807, 2.05) is 19.9 Å². The van der Waals surface area contributed by atoms with E-state index in [-0.39, 0.29) is 48.1 Å². The van der Waals surface area contributed by atoms with E-state index in [0.29, 0.717) is 30.4 Å². The quantitative estimate of drug-likeness (QED) is 0.203. The van der Waals surface area contributed by atoms with Gasteiger partial charge in [0.05, 0.1) is 36.0 Å².